The molecule has 0 saturated carbocycles. The fraction of sp³-hybridized carbons (Fsp3) is 0. The molecule has 0 spiro atoms. The van der Waals surface area contributed by atoms with Crippen molar-refractivity contribution in [3.8, 4) is 6.07 Å². The van der Waals surface area contributed by atoms with Crippen LogP contribution in [0.2, 0.25) is 5.02 Å². The zero-order valence-electron chi connectivity index (χ0n) is 10.7. The highest BCUT2D eigenvalue weighted by Crippen LogP contribution is 2.28. The fourth-order valence-electron chi connectivity index (χ4n) is 2.27. The van der Waals surface area contributed by atoms with E-state index in [-0.39, 0.29) is 5.78 Å². The topological polar surface area (TPSA) is 56.6 Å². The molecule has 0 aliphatic heterocycles. The van der Waals surface area contributed by atoms with E-state index >= 15 is 0 Å². The van der Waals surface area contributed by atoms with Crippen LogP contribution in [-0.2, 0) is 0 Å². The molecule has 0 aliphatic carbocycles. The van der Waals surface area contributed by atoms with Crippen LogP contribution in [0.4, 0.5) is 0 Å². The molecule has 21 heavy (non-hydrogen) atoms. The van der Waals surface area contributed by atoms with Gasteiger partial charge in [-0.2, -0.15) is 5.26 Å². The van der Waals surface area contributed by atoms with Gasteiger partial charge in [0.25, 0.3) is 0 Å². The quantitative estimate of drug-likeness (QED) is 0.675. The third-order valence-corrected chi connectivity index (χ3v) is 4.17. The molecule has 1 N–H and O–H groups in total. The Labute approximate surface area is 134 Å². The molecule has 0 atom stereocenters. The van der Waals surface area contributed by atoms with Crippen molar-refractivity contribution in [2.24, 2.45) is 0 Å². The second kappa shape index (κ2) is 5.36. The van der Waals surface area contributed by atoms with Crippen LogP contribution in [0.25, 0.3) is 10.9 Å². The maximum atomic E-state index is 12.7. The van der Waals surface area contributed by atoms with E-state index in [0.29, 0.717) is 31.6 Å². The minimum atomic E-state index is -0.182. The minimum absolute atomic E-state index is 0.182. The van der Waals surface area contributed by atoms with Crippen LogP contribution in [0, 0.1) is 11.3 Å². The van der Waals surface area contributed by atoms with Gasteiger partial charge in [0.05, 0.1) is 11.6 Å². The van der Waals surface area contributed by atoms with Crippen molar-refractivity contribution in [3.63, 3.8) is 0 Å². The number of benzene rings is 2. The summed E-state index contributed by atoms with van der Waals surface area (Å²) in [5, 5.41) is 10.3. The highest BCUT2D eigenvalue weighted by atomic mass is 79.9. The summed E-state index contributed by atoms with van der Waals surface area (Å²) in [6.45, 7) is 0. The fourth-order valence-corrected chi connectivity index (χ4v) is 2.87. The number of nitrogens with zero attached hydrogens (tertiary/aromatic N) is 1. The minimum Gasteiger partial charge on any atom is -0.360 e. The lowest BCUT2D eigenvalue weighted by molar-refractivity contribution is 0.103. The highest BCUT2D eigenvalue weighted by molar-refractivity contribution is 9.10. The number of nitrogens with one attached hydrogen (secondary N) is 1. The molecular formula is C16H8BrClN2O. The average molecular weight is 360 g/mol. The Hall–Kier alpha value is -2.09. The van der Waals surface area contributed by atoms with Gasteiger partial charge in [-0.15, -0.1) is 0 Å². The highest BCUT2D eigenvalue weighted by Gasteiger charge is 2.19. The number of fused-ring (bicyclic) bond motifs is 1. The third kappa shape index (κ3) is 2.35. The molecule has 0 radical (unpaired) electrons. The van der Waals surface area contributed by atoms with Crippen LogP contribution in [0.5, 0.6) is 0 Å². The SMILES string of the molecule is N#Cc1cccc2[nH]cc(C(=O)c3cc(Cl)ccc3Br)c12. The molecule has 0 fully saturated rings. The summed E-state index contributed by atoms with van der Waals surface area (Å²) in [5.74, 6) is -0.182. The molecule has 0 saturated heterocycles. The Morgan fingerprint density at radius 3 is 2.81 bits per heavy atom. The number of ketones is 1. The number of carbonyl (C=O) groups excluding carboxylic acids is 1. The number of carbonyl (C=O) groups is 1. The van der Waals surface area contributed by atoms with Gasteiger partial charge >= 0.3 is 0 Å². The van der Waals surface area contributed by atoms with E-state index in [4.69, 9.17) is 11.6 Å². The monoisotopic (exact) mass is 358 g/mol. The average Bonchev–Trinajstić information content (AvgIpc) is 2.93. The number of halogens is 2. The molecule has 0 bridgehead atoms. The Bertz CT molecular complexity index is 908. The van der Waals surface area contributed by atoms with Gasteiger partial charge in [0.1, 0.15) is 0 Å². The Morgan fingerprint density at radius 1 is 1.24 bits per heavy atom. The van der Waals surface area contributed by atoms with E-state index in [9.17, 15) is 10.1 Å². The first-order chi connectivity index (χ1) is 10.1. The molecular weight excluding hydrogens is 352 g/mol. The standard InChI is InChI=1S/C16H8BrClN2O/c17-13-5-4-10(18)6-11(13)16(21)12-8-20-14-3-1-2-9(7-19)15(12)14/h1-6,8,20H. The predicted molar refractivity (Wildman–Crippen MR) is 85.6 cm³/mol. The van der Waals surface area contributed by atoms with Crippen molar-refractivity contribution in [2.45, 2.75) is 0 Å². The summed E-state index contributed by atoms with van der Waals surface area (Å²) in [6, 6.07) is 12.5. The maximum absolute atomic E-state index is 12.7. The Balaban J connectivity index is 2.24. The molecule has 1 aromatic heterocycles. The molecule has 3 aromatic rings. The second-order valence-electron chi connectivity index (χ2n) is 4.50. The lowest BCUT2D eigenvalue weighted by Crippen LogP contribution is -2.02. The Morgan fingerprint density at radius 2 is 2.05 bits per heavy atom. The summed E-state index contributed by atoms with van der Waals surface area (Å²) < 4.78 is 0.667. The summed E-state index contributed by atoms with van der Waals surface area (Å²) in [7, 11) is 0. The van der Waals surface area contributed by atoms with Gasteiger partial charge in [0, 0.05) is 37.7 Å². The molecule has 102 valence electrons. The van der Waals surface area contributed by atoms with Gasteiger partial charge in [-0.25, -0.2) is 0 Å². The van der Waals surface area contributed by atoms with E-state index in [1.165, 1.54) is 0 Å². The largest absolute Gasteiger partial charge is 0.360 e. The van der Waals surface area contributed by atoms with Crippen molar-refractivity contribution >= 4 is 44.2 Å². The molecule has 3 nitrogen and oxygen atoms in total. The Kier molecular flexibility index (Phi) is 3.54. The molecule has 0 amide bonds. The van der Waals surface area contributed by atoms with E-state index in [1.54, 1.807) is 36.5 Å². The smallest absolute Gasteiger partial charge is 0.196 e. The normalized spacial score (nSPS) is 10.5. The number of H-pyrrole nitrogens is 1. The molecule has 3 rings (SSSR count). The van der Waals surface area contributed by atoms with E-state index < -0.39 is 0 Å². The number of aromatic nitrogens is 1. The van der Waals surface area contributed by atoms with Crippen LogP contribution < -0.4 is 0 Å². The zero-order valence-corrected chi connectivity index (χ0v) is 13.0. The molecule has 2 aromatic carbocycles. The van der Waals surface area contributed by atoms with Crippen molar-refractivity contribution in [3.05, 3.63) is 68.8 Å². The molecule has 1 heterocycles. The number of nitriles is 1. The van der Waals surface area contributed by atoms with Crippen LogP contribution in [0.15, 0.2) is 47.1 Å². The lowest BCUT2D eigenvalue weighted by atomic mass is 10.00. The molecule has 5 heteroatoms. The van der Waals surface area contributed by atoms with Crippen molar-refractivity contribution in [2.75, 3.05) is 0 Å². The number of aromatic amines is 1. The van der Waals surface area contributed by atoms with Crippen LogP contribution in [-0.4, -0.2) is 10.8 Å². The van der Waals surface area contributed by atoms with Crippen molar-refractivity contribution in [1.82, 2.24) is 4.98 Å². The third-order valence-electron chi connectivity index (χ3n) is 3.24. The summed E-state index contributed by atoms with van der Waals surface area (Å²) in [4.78, 5) is 15.8. The number of hydrogen-bond donors (Lipinski definition) is 1. The van der Waals surface area contributed by atoms with E-state index in [1.807, 2.05) is 6.07 Å². The summed E-state index contributed by atoms with van der Waals surface area (Å²) in [6.07, 6.45) is 1.63. The molecule has 0 unspecified atom stereocenters. The first-order valence-corrected chi connectivity index (χ1v) is 7.29. The lowest BCUT2D eigenvalue weighted by Gasteiger charge is -2.04. The number of rotatable bonds is 2. The first-order valence-electron chi connectivity index (χ1n) is 6.12. The van der Waals surface area contributed by atoms with Crippen molar-refractivity contribution in [1.29, 1.82) is 5.26 Å². The van der Waals surface area contributed by atoms with Crippen LogP contribution >= 0.6 is 27.5 Å². The zero-order chi connectivity index (χ0) is 15.0. The van der Waals surface area contributed by atoms with E-state index in [2.05, 4.69) is 27.0 Å². The predicted octanol–water partition coefficient (Wildman–Crippen LogP) is 4.69. The van der Waals surface area contributed by atoms with Gasteiger partial charge in [-0.3, -0.25) is 4.79 Å². The second-order valence-corrected chi connectivity index (χ2v) is 5.79. The van der Waals surface area contributed by atoms with E-state index in [0.717, 1.165) is 5.52 Å². The van der Waals surface area contributed by atoms with Gasteiger partial charge in [0.2, 0.25) is 0 Å². The van der Waals surface area contributed by atoms with Gasteiger partial charge in [-0.1, -0.05) is 33.6 Å². The number of hydrogen-bond acceptors (Lipinski definition) is 2. The molecule has 0 aliphatic rings. The van der Waals surface area contributed by atoms with Crippen molar-refractivity contribution < 1.29 is 4.79 Å². The van der Waals surface area contributed by atoms with Gasteiger partial charge in [-0.05, 0) is 30.3 Å². The van der Waals surface area contributed by atoms with Gasteiger partial charge in [0.15, 0.2) is 5.78 Å². The first kappa shape index (κ1) is 13.9. The summed E-state index contributed by atoms with van der Waals surface area (Å²) >= 11 is 9.33. The van der Waals surface area contributed by atoms with Gasteiger partial charge < -0.3 is 4.98 Å². The van der Waals surface area contributed by atoms with Crippen LogP contribution in [0.1, 0.15) is 21.5 Å². The van der Waals surface area contributed by atoms with Crippen LogP contribution in [0.3, 0.4) is 0 Å². The summed E-state index contributed by atoms with van der Waals surface area (Å²) in [5.41, 5.74) is 2.16. The maximum Gasteiger partial charge on any atom is 0.196 e.